The van der Waals surface area contributed by atoms with Crippen LogP contribution in [-0.2, 0) is 0 Å². The summed E-state index contributed by atoms with van der Waals surface area (Å²) in [5.41, 5.74) is 12.0. The molecule has 0 fully saturated rings. The summed E-state index contributed by atoms with van der Waals surface area (Å²) in [6.07, 6.45) is 0. The summed E-state index contributed by atoms with van der Waals surface area (Å²) in [5, 5.41) is 44.1. The summed E-state index contributed by atoms with van der Waals surface area (Å²) >= 11 is 5.49. The smallest absolute Gasteiger partial charge is 1.00 e. The Bertz CT molecular complexity index is 7770. The number of H-pyrrole nitrogens is 1. The minimum Gasteiger partial charge on any atom is -1.00 e. The first-order chi connectivity index (χ1) is 59.4. The zero-order chi connectivity index (χ0) is 83.1. The van der Waals surface area contributed by atoms with Gasteiger partial charge in [-0.3, -0.25) is 4.39 Å². The number of aromatic nitrogens is 3. The van der Waals surface area contributed by atoms with E-state index in [1.54, 1.807) is 66.7 Å². The molecular weight excluding hydrogens is 1590 g/mol. The van der Waals surface area contributed by atoms with E-state index in [0.717, 1.165) is 77.2 Å². The molecule has 22 aromatic rings. The molecule has 0 saturated carbocycles. The summed E-state index contributed by atoms with van der Waals surface area (Å²) in [5.74, 6) is -4.46. The van der Waals surface area contributed by atoms with E-state index >= 15 is 0 Å². The monoisotopic (exact) mass is 1650 g/mol. The van der Waals surface area contributed by atoms with Crippen molar-refractivity contribution in [1.82, 2.24) is 14.1 Å². The minimum atomic E-state index is -1.12. The zero-order valence-corrected chi connectivity index (χ0v) is 68.4. The van der Waals surface area contributed by atoms with Crippen LogP contribution in [0.2, 0.25) is 0 Å². The summed E-state index contributed by atoms with van der Waals surface area (Å²) in [6, 6.07) is 110. The predicted molar refractivity (Wildman–Crippen MR) is 492 cm³/mol. The first-order valence-corrected chi connectivity index (χ1v) is 40.0. The van der Waals surface area contributed by atoms with Crippen LogP contribution >= 0.6 is 34.0 Å². The van der Waals surface area contributed by atoms with E-state index in [9.17, 15) is 32.5 Å². The van der Waals surface area contributed by atoms with Crippen LogP contribution < -0.4 is 29.6 Å². The standard InChI is InChI=1S/C56H30N4S2.C20H10F2N2.C18H11NS.C8H2F2N2.CH3F.CH4.Na.H/c1-58-50-43(32-57)48(33-16-4-2-5-17-33)53(59-44-24-12-8-20-35(44)39-28-30-41-37-22-10-14-26-46(37)61-55(41)51(39)59)54(49(50)34-18-6-3-7-19-34)60-45-25-13-9-21-36(45)40-29-31-42-38-23-11-15-27-47(38)62-56(42)52(40)60;1-24-20-15(12-23)16(13-8-4-2-5-9-13)18(21)19(22)17(20)14-10-6-3-7-11-14;1-3-7-15-11(5-1)13-9-10-14-12-6-2-4-8-16(12)20-18(14)17(13)19-15;1-12-8-3-7(10)6(9)2-5(8)4-11;1-2;;;/h2-31H;2-11H;1-10,19H;2-3H;1H3;1H4;;/q;;;;;;+1;-1/i;;;;1D;;;. The molecule has 18 heteroatoms. The molecule has 1 N–H and O–H groups in total. The molecule has 0 atom stereocenters. The molecule has 0 spiro atoms. The summed E-state index contributed by atoms with van der Waals surface area (Å²) in [7, 11) is -1.00. The molecule has 16 aromatic carbocycles. The van der Waals surface area contributed by atoms with Gasteiger partial charge in [-0.1, -0.05) is 274 Å². The van der Waals surface area contributed by atoms with Crippen LogP contribution in [0.25, 0.3) is 196 Å². The van der Waals surface area contributed by atoms with Crippen molar-refractivity contribution in [2.24, 2.45) is 0 Å². The predicted octanol–water partition coefficient (Wildman–Crippen LogP) is 28.5. The van der Waals surface area contributed by atoms with E-state index in [2.05, 4.69) is 241 Å². The van der Waals surface area contributed by atoms with Crippen LogP contribution in [-0.4, -0.2) is 21.3 Å². The van der Waals surface area contributed by atoms with Crippen LogP contribution in [0, 0.1) is 77.0 Å². The third kappa shape index (κ3) is 13.6. The zero-order valence-electron chi connectivity index (χ0n) is 65.9. The van der Waals surface area contributed by atoms with Crippen molar-refractivity contribution >= 4 is 177 Å². The van der Waals surface area contributed by atoms with Gasteiger partial charge in [-0.2, -0.15) is 15.8 Å². The molecule has 22 rings (SSSR count). The van der Waals surface area contributed by atoms with Crippen LogP contribution in [0.5, 0.6) is 0 Å². The molecular formula is C104H61F5N9NaS3. The van der Waals surface area contributed by atoms with Crippen molar-refractivity contribution in [2.75, 3.05) is 7.15 Å². The number of alkyl halides is 1. The maximum atomic E-state index is 14.8. The van der Waals surface area contributed by atoms with Crippen LogP contribution in [0.1, 0.15) is 26.9 Å². The van der Waals surface area contributed by atoms with E-state index in [1.165, 1.54) is 82.3 Å². The van der Waals surface area contributed by atoms with E-state index in [1.807, 2.05) is 76.5 Å². The Morgan fingerprint density at radius 1 is 0.369 bits per heavy atom. The van der Waals surface area contributed by atoms with Crippen LogP contribution in [0.4, 0.5) is 39.0 Å². The number of hydrogen-bond donors (Lipinski definition) is 1. The van der Waals surface area contributed by atoms with Gasteiger partial charge < -0.3 is 15.5 Å². The minimum absolute atomic E-state index is 0. The van der Waals surface area contributed by atoms with Gasteiger partial charge >= 0.3 is 29.6 Å². The first-order valence-electron chi connectivity index (χ1n) is 38.3. The molecule has 0 bridgehead atoms. The molecule has 122 heavy (non-hydrogen) atoms. The second-order valence-corrected chi connectivity index (χ2v) is 31.1. The number of hydrogen-bond acceptors (Lipinski definition) is 6. The molecule has 0 radical (unpaired) electrons. The molecule has 0 saturated heterocycles. The number of nitrogens with one attached hydrogen (secondary N) is 1. The fourth-order valence-electron chi connectivity index (χ4n) is 16.5. The Morgan fingerprint density at radius 2 is 0.713 bits per heavy atom. The van der Waals surface area contributed by atoms with Crippen molar-refractivity contribution in [3.8, 4) is 74.1 Å². The van der Waals surface area contributed by atoms with Gasteiger partial charge in [0.2, 0.25) is 17.1 Å². The van der Waals surface area contributed by atoms with Crippen LogP contribution in [0.3, 0.4) is 0 Å². The normalized spacial score (nSPS) is 11.0. The molecule has 6 aromatic heterocycles. The number of halogens is 5. The van der Waals surface area contributed by atoms with Crippen molar-refractivity contribution in [2.45, 2.75) is 7.43 Å². The average molecular weight is 1650 g/mol. The third-order valence-corrected chi connectivity index (χ3v) is 25.2. The number of benzene rings is 16. The van der Waals surface area contributed by atoms with Gasteiger partial charge in [0, 0.05) is 107 Å². The number of rotatable bonds is 6. The van der Waals surface area contributed by atoms with Gasteiger partial charge in [-0.25, -0.2) is 32.1 Å². The number of fused-ring (bicyclic) bond motifs is 21. The fourth-order valence-corrected chi connectivity index (χ4v) is 20.2. The Morgan fingerprint density at radius 3 is 1.17 bits per heavy atom. The number of aromatic amines is 1. The largest absolute Gasteiger partial charge is 1.00 e. The Kier molecular flexibility index (Phi) is 22.4. The Labute approximate surface area is 733 Å². The summed E-state index contributed by atoms with van der Waals surface area (Å²) in [6.45, 7) is 23.0. The molecule has 0 amide bonds. The van der Waals surface area contributed by atoms with Gasteiger partial charge in [0.15, 0.2) is 17.5 Å². The van der Waals surface area contributed by atoms with Crippen molar-refractivity contribution < 1.29 is 54.3 Å². The van der Waals surface area contributed by atoms with Gasteiger partial charge in [0.05, 0.1) is 116 Å². The molecule has 0 aliphatic heterocycles. The summed E-state index contributed by atoms with van der Waals surface area (Å²) in [4.78, 5) is 14.2. The van der Waals surface area contributed by atoms with E-state index in [0.29, 0.717) is 34.5 Å². The molecule has 576 valence electrons. The second-order valence-electron chi connectivity index (χ2n) is 27.9. The second kappa shape index (κ2) is 34.2. The Balaban J connectivity index is 0.000000156. The first kappa shape index (κ1) is 79.6. The topological polar surface area (TPSA) is 110 Å². The maximum absolute atomic E-state index is 14.8. The average Bonchev–Trinajstić information content (AvgIpc) is 1.50. The Hall–Kier alpha value is -14.8. The SMILES string of the molecule is C.[2H]CF.[C-]#[N+]c1c(C#N)c(-c2ccccc2)c(-n2c3ccccc3c3ccc4c5ccccc5sc4c32)c(-n2c3ccccc3c3ccc4c5ccccc5sc4c32)c1-c1ccccc1.[C-]#[N+]c1c(C#N)c(-c2ccccc2)c(F)c(F)c1-c1ccccc1.[C-]#[N+]c1cc(F)c(F)cc1C#N.[H-].[Na+].c1ccc2c(c1)[nH]c1c2ccc2c3ccccc3sc21. The van der Waals surface area contributed by atoms with Gasteiger partial charge in [0.1, 0.15) is 5.82 Å². The van der Waals surface area contributed by atoms with Crippen molar-refractivity contribution in [1.29, 1.82) is 15.8 Å². The summed E-state index contributed by atoms with van der Waals surface area (Å²) < 4.78 is 82.3. The van der Waals surface area contributed by atoms with Gasteiger partial charge in [-0.15, -0.1) is 34.0 Å². The van der Waals surface area contributed by atoms with E-state index < -0.39 is 30.4 Å². The van der Waals surface area contributed by atoms with Crippen molar-refractivity contribution in [3.05, 3.63) is 390 Å². The third-order valence-electron chi connectivity index (χ3n) is 21.6. The molecule has 0 aliphatic rings. The van der Waals surface area contributed by atoms with Crippen LogP contribution in [0.15, 0.2) is 315 Å². The van der Waals surface area contributed by atoms with Gasteiger partial charge in [-0.05, 0) is 70.8 Å². The maximum Gasteiger partial charge on any atom is 1.00 e. The van der Waals surface area contributed by atoms with Crippen molar-refractivity contribution in [3.63, 3.8) is 0 Å². The fraction of sp³-hybridized carbons (Fsp3) is 0.0192. The van der Waals surface area contributed by atoms with E-state index in [-0.39, 0.29) is 72.0 Å². The number of nitriles is 3. The quantitative estimate of drug-likeness (QED) is 0.102. The molecule has 0 unspecified atom stereocenters. The number of nitrogens with zero attached hydrogens (tertiary/aromatic N) is 8. The number of thiophene rings is 3. The molecule has 0 aliphatic carbocycles. The van der Waals surface area contributed by atoms with Gasteiger partial charge in [0.25, 0.3) is 0 Å². The molecule has 9 nitrogen and oxygen atoms in total. The van der Waals surface area contributed by atoms with E-state index in [4.69, 9.17) is 26.3 Å². The molecule has 6 heterocycles. The number of para-hydroxylation sites is 3.